The number of carboxylic acid groups (broad SMARTS) is 1. The van der Waals surface area contributed by atoms with Gasteiger partial charge in [0.1, 0.15) is 5.75 Å². The van der Waals surface area contributed by atoms with E-state index in [-0.39, 0.29) is 0 Å². The number of carbonyl (C=O) groups is 1. The normalized spacial score (nSPS) is 20.7. The van der Waals surface area contributed by atoms with Gasteiger partial charge in [-0.3, -0.25) is 0 Å². The summed E-state index contributed by atoms with van der Waals surface area (Å²) < 4.78 is 5.06. The molecular formula is C19H26O3. The third kappa shape index (κ3) is 3.63. The molecule has 1 aromatic carbocycles. The van der Waals surface area contributed by atoms with Crippen LogP contribution in [0.1, 0.15) is 87.2 Å². The predicted octanol–water partition coefficient (Wildman–Crippen LogP) is 5.84. The van der Waals surface area contributed by atoms with E-state index in [1.807, 2.05) is 6.07 Å². The van der Waals surface area contributed by atoms with Gasteiger partial charge in [0.05, 0.1) is 0 Å². The Balaban J connectivity index is 1.88. The van der Waals surface area contributed by atoms with Crippen LogP contribution >= 0.6 is 0 Å². The SMILES string of the molecule is O=C(O)Oc1ccc(C2CCCCC2)cc1C1CCCCC1. The van der Waals surface area contributed by atoms with Crippen molar-refractivity contribution < 1.29 is 14.6 Å². The van der Waals surface area contributed by atoms with Crippen LogP contribution < -0.4 is 4.74 Å². The van der Waals surface area contributed by atoms with Crippen molar-refractivity contribution in [1.82, 2.24) is 0 Å². The van der Waals surface area contributed by atoms with Crippen LogP contribution in [0.2, 0.25) is 0 Å². The van der Waals surface area contributed by atoms with Gasteiger partial charge in [-0.2, -0.15) is 0 Å². The Labute approximate surface area is 132 Å². The molecular weight excluding hydrogens is 276 g/mol. The summed E-state index contributed by atoms with van der Waals surface area (Å²) >= 11 is 0. The minimum absolute atomic E-state index is 0.464. The van der Waals surface area contributed by atoms with Crippen molar-refractivity contribution in [3.05, 3.63) is 29.3 Å². The summed E-state index contributed by atoms with van der Waals surface area (Å²) in [5.74, 6) is 1.67. The van der Waals surface area contributed by atoms with Crippen molar-refractivity contribution in [2.24, 2.45) is 0 Å². The van der Waals surface area contributed by atoms with Crippen molar-refractivity contribution in [3.8, 4) is 5.75 Å². The van der Waals surface area contributed by atoms with Gasteiger partial charge in [-0.15, -0.1) is 0 Å². The van der Waals surface area contributed by atoms with Gasteiger partial charge in [0, 0.05) is 0 Å². The summed E-state index contributed by atoms with van der Waals surface area (Å²) in [6.45, 7) is 0. The lowest BCUT2D eigenvalue weighted by Gasteiger charge is -2.27. The fraction of sp³-hybridized carbons (Fsp3) is 0.632. The summed E-state index contributed by atoms with van der Waals surface area (Å²) in [6, 6.07) is 6.23. The number of benzene rings is 1. The fourth-order valence-electron chi connectivity index (χ4n) is 4.18. The van der Waals surface area contributed by atoms with E-state index >= 15 is 0 Å². The van der Waals surface area contributed by atoms with Crippen molar-refractivity contribution in [2.75, 3.05) is 0 Å². The lowest BCUT2D eigenvalue weighted by molar-refractivity contribution is 0.143. The maximum absolute atomic E-state index is 11.0. The molecule has 120 valence electrons. The first-order valence-corrected chi connectivity index (χ1v) is 8.78. The molecule has 3 rings (SSSR count). The van der Waals surface area contributed by atoms with Gasteiger partial charge >= 0.3 is 6.16 Å². The number of rotatable bonds is 3. The van der Waals surface area contributed by atoms with Crippen LogP contribution in [0, 0.1) is 0 Å². The molecule has 3 heteroatoms. The van der Waals surface area contributed by atoms with E-state index in [0.717, 1.165) is 18.4 Å². The number of hydrogen-bond acceptors (Lipinski definition) is 2. The van der Waals surface area contributed by atoms with E-state index in [0.29, 0.717) is 17.6 Å². The molecule has 0 unspecified atom stereocenters. The maximum Gasteiger partial charge on any atom is 0.511 e. The second-order valence-electron chi connectivity index (χ2n) is 6.84. The number of hydrogen-bond donors (Lipinski definition) is 1. The molecule has 3 nitrogen and oxygen atoms in total. The van der Waals surface area contributed by atoms with Gasteiger partial charge in [0.2, 0.25) is 0 Å². The van der Waals surface area contributed by atoms with Gasteiger partial charge in [-0.05, 0) is 54.7 Å². The highest BCUT2D eigenvalue weighted by Crippen LogP contribution is 2.41. The lowest BCUT2D eigenvalue weighted by atomic mass is 9.79. The highest BCUT2D eigenvalue weighted by molar-refractivity contribution is 5.62. The van der Waals surface area contributed by atoms with Crippen LogP contribution in [0.15, 0.2) is 18.2 Å². The molecule has 0 atom stereocenters. The highest BCUT2D eigenvalue weighted by atomic mass is 16.7. The smallest absolute Gasteiger partial charge is 0.449 e. The number of ether oxygens (including phenoxy) is 1. The molecule has 1 aromatic rings. The quantitative estimate of drug-likeness (QED) is 0.563. The Kier molecular flexibility index (Phi) is 5.01. The highest BCUT2D eigenvalue weighted by Gasteiger charge is 2.23. The second kappa shape index (κ2) is 7.17. The summed E-state index contributed by atoms with van der Waals surface area (Å²) in [5, 5.41) is 8.99. The summed E-state index contributed by atoms with van der Waals surface area (Å²) in [4.78, 5) is 11.0. The molecule has 0 bridgehead atoms. The zero-order valence-corrected chi connectivity index (χ0v) is 13.2. The third-order valence-electron chi connectivity index (χ3n) is 5.35. The molecule has 2 fully saturated rings. The predicted molar refractivity (Wildman–Crippen MR) is 86.7 cm³/mol. The summed E-state index contributed by atoms with van der Waals surface area (Å²) in [7, 11) is 0. The van der Waals surface area contributed by atoms with E-state index in [4.69, 9.17) is 9.84 Å². The largest absolute Gasteiger partial charge is 0.511 e. The minimum atomic E-state index is -1.21. The molecule has 22 heavy (non-hydrogen) atoms. The molecule has 0 amide bonds. The molecule has 0 aliphatic heterocycles. The minimum Gasteiger partial charge on any atom is -0.449 e. The first-order valence-electron chi connectivity index (χ1n) is 8.78. The van der Waals surface area contributed by atoms with E-state index in [2.05, 4.69) is 12.1 Å². The first-order chi connectivity index (χ1) is 10.7. The molecule has 2 saturated carbocycles. The van der Waals surface area contributed by atoms with E-state index in [1.54, 1.807) is 0 Å². The molecule has 0 saturated heterocycles. The van der Waals surface area contributed by atoms with Gasteiger partial charge in [-0.1, -0.05) is 50.7 Å². The Morgan fingerprint density at radius 3 is 2.09 bits per heavy atom. The first kappa shape index (κ1) is 15.4. The van der Waals surface area contributed by atoms with Gasteiger partial charge in [0.25, 0.3) is 0 Å². The molecule has 0 radical (unpaired) electrons. The van der Waals surface area contributed by atoms with Crippen LogP contribution in [0.25, 0.3) is 0 Å². The van der Waals surface area contributed by atoms with Crippen molar-refractivity contribution in [1.29, 1.82) is 0 Å². The Bertz CT molecular complexity index is 511. The molecule has 0 aromatic heterocycles. The second-order valence-corrected chi connectivity index (χ2v) is 6.84. The molecule has 2 aliphatic carbocycles. The maximum atomic E-state index is 11.0. The van der Waals surface area contributed by atoms with E-state index in [9.17, 15) is 4.79 Å². The summed E-state index contributed by atoms with van der Waals surface area (Å²) in [5.41, 5.74) is 2.52. The zero-order chi connectivity index (χ0) is 15.4. The molecule has 0 spiro atoms. The summed E-state index contributed by atoms with van der Waals surface area (Å²) in [6.07, 6.45) is 11.4. The van der Waals surface area contributed by atoms with Crippen LogP contribution in [0.3, 0.4) is 0 Å². The van der Waals surface area contributed by atoms with Crippen LogP contribution in [0.4, 0.5) is 4.79 Å². The average Bonchev–Trinajstić information content (AvgIpc) is 2.56. The van der Waals surface area contributed by atoms with Gasteiger partial charge in [0.15, 0.2) is 0 Å². The topological polar surface area (TPSA) is 46.5 Å². The Morgan fingerprint density at radius 2 is 1.50 bits per heavy atom. The molecule has 1 N–H and O–H groups in total. The van der Waals surface area contributed by atoms with E-state index in [1.165, 1.54) is 56.9 Å². The van der Waals surface area contributed by atoms with E-state index < -0.39 is 6.16 Å². The zero-order valence-electron chi connectivity index (χ0n) is 13.2. The van der Waals surface area contributed by atoms with Crippen LogP contribution in [-0.4, -0.2) is 11.3 Å². The molecule has 2 aliphatic rings. The average molecular weight is 302 g/mol. The van der Waals surface area contributed by atoms with Gasteiger partial charge in [-0.25, -0.2) is 4.79 Å². The Morgan fingerprint density at radius 1 is 0.909 bits per heavy atom. The van der Waals surface area contributed by atoms with Crippen molar-refractivity contribution in [2.45, 2.75) is 76.0 Å². The standard InChI is InChI=1S/C19H26O3/c20-19(21)22-18-12-11-16(14-7-3-1-4-8-14)13-17(18)15-9-5-2-6-10-15/h11-15H,1-10H2,(H,20,21). The monoisotopic (exact) mass is 302 g/mol. The third-order valence-corrected chi connectivity index (χ3v) is 5.35. The van der Waals surface area contributed by atoms with Crippen molar-refractivity contribution >= 4 is 6.16 Å². The fourth-order valence-corrected chi connectivity index (χ4v) is 4.18. The van der Waals surface area contributed by atoms with Crippen molar-refractivity contribution in [3.63, 3.8) is 0 Å². The lowest BCUT2D eigenvalue weighted by Crippen LogP contribution is -2.12. The molecule has 0 heterocycles. The van der Waals surface area contributed by atoms with Crippen LogP contribution in [0.5, 0.6) is 5.75 Å². The van der Waals surface area contributed by atoms with Gasteiger partial charge < -0.3 is 9.84 Å². The Hall–Kier alpha value is -1.51. The van der Waals surface area contributed by atoms with Crippen LogP contribution in [-0.2, 0) is 0 Å².